The number of aldehydes is 1. The third-order valence-electron chi connectivity index (χ3n) is 31.1. The first-order chi connectivity index (χ1) is 50.5. The lowest BCUT2D eigenvalue weighted by Crippen LogP contribution is -2.48. The Morgan fingerprint density at radius 1 is 0.467 bits per heavy atom. The Labute approximate surface area is 648 Å². The van der Waals surface area contributed by atoms with E-state index in [1.54, 1.807) is 0 Å². The van der Waals surface area contributed by atoms with Crippen molar-refractivity contribution in [2.45, 2.75) is 401 Å². The van der Waals surface area contributed by atoms with Crippen LogP contribution in [0.2, 0.25) is 0 Å². The molecule has 0 saturated heterocycles. The summed E-state index contributed by atoms with van der Waals surface area (Å²) >= 11 is 0. The number of hydrogen-bond donors (Lipinski definition) is 2. The van der Waals surface area contributed by atoms with Gasteiger partial charge in [0.25, 0.3) is 0 Å². The van der Waals surface area contributed by atoms with E-state index in [1.165, 1.54) is 119 Å². The van der Waals surface area contributed by atoms with E-state index in [0.29, 0.717) is 53.8 Å². The van der Waals surface area contributed by atoms with E-state index in [2.05, 4.69) is 39.2 Å². The first-order valence-electron chi connectivity index (χ1n) is 43.8. The Balaban J connectivity index is 0.000000155. The van der Waals surface area contributed by atoms with Crippen LogP contribution >= 0.6 is 0 Å². The lowest BCUT2D eigenvalue weighted by Gasteiger charge is -2.40. The van der Waals surface area contributed by atoms with Crippen LogP contribution in [0.3, 0.4) is 0 Å². The van der Waals surface area contributed by atoms with E-state index in [-0.39, 0.29) is 63.6 Å². The first kappa shape index (κ1) is 86.6. The molecule has 0 heterocycles. The van der Waals surface area contributed by atoms with Crippen molar-refractivity contribution in [1.29, 1.82) is 0 Å². The van der Waals surface area contributed by atoms with Crippen molar-refractivity contribution in [3.8, 4) is 0 Å². The van der Waals surface area contributed by atoms with Crippen LogP contribution in [0.1, 0.15) is 361 Å². The molecule has 2 N–H and O–H groups in total. The molecule has 107 heavy (non-hydrogen) atoms. The van der Waals surface area contributed by atoms with Crippen molar-refractivity contribution in [2.75, 3.05) is 0 Å². The Kier molecular flexibility index (Phi) is 28.6. The fraction of sp³-hybridized carbons (Fsp3) is 0.830. The second-order valence-corrected chi connectivity index (χ2v) is 39.8. The number of aliphatic hydroxyl groups excluding tert-OH is 2. The van der Waals surface area contributed by atoms with Gasteiger partial charge in [-0.15, -0.1) is 0 Å². The molecule has 604 valence electrons. The number of fused-ring (bicyclic) bond motifs is 5. The van der Waals surface area contributed by atoms with Gasteiger partial charge in [0, 0.05) is 18.3 Å². The average Bonchev–Trinajstić information content (AvgIpc) is 1.60. The molecular formula is C94H150O13. The number of rotatable bonds is 22. The van der Waals surface area contributed by atoms with Gasteiger partial charge in [0.15, 0.2) is 5.60 Å². The number of hydrogen-bond acceptors (Lipinski definition) is 13. The van der Waals surface area contributed by atoms with E-state index in [0.717, 1.165) is 172 Å². The van der Waals surface area contributed by atoms with Crippen LogP contribution in [0, 0.1) is 92.2 Å². The number of esters is 5. The second-order valence-electron chi connectivity index (χ2n) is 39.8. The van der Waals surface area contributed by atoms with Gasteiger partial charge in [-0.25, -0.2) is 0 Å². The van der Waals surface area contributed by atoms with E-state index in [9.17, 15) is 39.0 Å². The summed E-state index contributed by atoms with van der Waals surface area (Å²) in [6, 6.07) is 0. The summed E-state index contributed by atoms with van der Waals surface area (Å²) in [7, 11) is 0. The Hall–Kier alpha value is -4.36. The topological polar surface area (TPSA) is 189 Å². The minimum Gasteiger partial charge on any atom is -0.454 e. The van der Waals surface area contributed by atoms with Crippen molar-refractivity contribution in [3.05, 3.63) is 59.8 Å². The number of allylic oxidation sites excluding steroid dienone is 3. The molecule has 0 aromatic rings. The SMILES string of the molecule is C=CC1(OC(=O)C(C)(C)CC)CC2CCCC2C1.C=CC1(OC(=O)C(C)(C)CC)CCC2CCCC21.CCC(C)(C)C(=O)OC1(C2=C(C)CCC2)CC2CCCC2C1O.CCC(C)(C)C(=O)OC1(C2=CCCCC2)CCC2C(O)CCC21.CCC(C)(C)C(=O)OC1(C=C2CCCC2)CC2CC(CC=O)CC2C1. The molecule has 0 spiro atoms. The quantitative estimate of drug-likeness (QED) is 0.0451. The highest BCUT2D eigenvalue weighted by Crippen LogP contribution is 2.60. The average molecular weight is 1490 g/mol. The molecule has 15 atom stereocenters. The molecule has 13 aliphatic rings. The van der Waals surface area contributed by atoms with E-state index >= 15 is 0 Å². The third kappa shape index (κ3) is 19.0. The maximum atomic E-state index is 12.9. The van der Waals surface area contributed by atoms with E-state index in [4.69, 9.17) is 23.7 Å². The highest BCUT2D eigenvalue weighted by Gasteiger charge is 2.62. The van der Waals surface area contributed by atoms with Crippen LogP contribution in [0.15, 0.2) is 59.8 Å². The number of carbonyl (C=O) groups excluding carboxylic acids is 6. The zero-order valence-corrected chi connectivity index (χ0v) is 70.3. The Morgan fingerprint density at radius 3 is 1.47 bits per heavy atom. The summed E-state index contributed by atoms with van der Waals surface area (Å²) < 4.78 is 30.7. The van der Waals surface area contributed by atoms with Crippen LogP contribution < -0.4 is 0 Å². The van der Waals surface area contributed by atoms with Gasteiger partial charge in [-0.3, -0.25) is 24.0 Å². The molecule has 11 fully saturated rings. The van der Waals surface area contributed by atoms with Crippen LogP contribution in [0.4, 0.5) is 0 Å². The monoisotopic (exact) mass is 1490 g/mol. The fourth-order valence-electron chi connectivity index (χ4n) is 21.9. The maximum Gasteiger partial charge on any atom is 0.312 e. The molecule has 0 amide bonds. The van der Waals surface area contributed by atoms with Crippen LogP contribution in [-0.2, 0) is 52.5 Å². The summed E-state index contributed by atoms with van der Waals surface area (Å²) in [5.41, 5.74) is 1.03. The number of ether oxygens (including phenoxy) is 5. The summed E-state index contributed by atoms with van der Waals surface area (Å²) in [5.74, 6) is 5.63. The molecule has 11 saturated carbocycles. The Bertz CT molecular complexity index is 3170. The summed E-state index contributed by atoms with van der Waals surface area (Å²) in [4.78, 5) is 74.0. The minimum atomic E-state index is -0.736. The van der Waals surface area contributed by atoms with Crippen molar-refractivity contribution >= 4 is 36.1 Å². The van der Waals surface area contributed by atoms with Crippen LogP contribution in [0.5, 0.6) is 0 Å². The molecule has 15 unspecified atom stereocenters. The smallest absolute Gasteiger partial charge is 0.312 e. The minimum absolute atomic E-state index is 0.0470. The molecule has 13 rings (SSSR count). The molecule has 13 heteroatoms. The van der Waals surface area contributed by atoms with Gasteiger partial charge in [-0.1, -0.05) is 104 Å². The maximum absolute atomic E-state index is 12.9. The zero-order chi connectivity index (χ0) is 78.3. The molecule has 0 bridgehead atoms. The molecular weight excluding hydrogens is 1340 g/mol. The van der Waals surface area contributed by atoms with Gasteiger partial charge in [0.05, 0.1) is 33.2 Å². The molecule has 0 aromatic carbocycles. The largest absolute Gasteiger partial charge is 0.454 e. The van der Waals surface area contributed by atoms with Gasteiger partial charge >= 0.3 is 29.8 Å². The zero-order valence-electron chi connectivity index (χ0n) is 70.3. The molecule has 0 radical (unpaired) electrons. The molecule has 13 aliphatic carbocycles. The second kappa shape index (κ2) is 35.4. The van der Waals surface area contributed by atoms with Gasteiger partial charge in [0.2, 0.25) is 0 Å². The van der Waals surface area contributed by atoms with Gasteiger partial charge in [0.1, 0.15) is 34.8 Å². The summed E-state index contributed by atoms with van der Waals surface area (Å²) in [5, 5.41) is 21.5. The Morgan fingerprint density at radius 2 is 0.963 bits per heavy atom. The number of aliphatic hydroxyl groups is 2. The molecule has 0 aliphatic heterocycles. The molecule has 0 aromatic heterocycles. The van der Waals surface area contributed by atoms with Crippen molar-refractivity contribution in [3.63, 3.8) is 0 Å². The predicted octanol–water partition coefficient (Wildman–Crippen LogP) is 22.2. The normalized spacial score (nSPS) is 36.1. The van der Waals surface area contributed by atoms with Gasteiger partial charge in [-0.2, -0.15) is 0 Å². The fourth-order valence-corrected chi connectivity index (χ4v) is 21.9. The van der Waals surface area contributed by atoms with Gasteiger partial charge < -0.3 is 38.7 Å². The van der Waals surface area contributed by atoms with Crippen molar-refractivity contribution in [1.82, 2.24) is 0 Å². The lowest BCUT2D eigenvalue weighted by atomic mass is 9.76. The van der Waals surface area contributed by atoms with Gasteiger partial charge in [-0.05, 0) is 364 Å². The molecule has 13 nitrogen and oxygen atoms in total. The van der Waals surface area contributed by atoms with Crippen molar-refractivity contribution in [2.24, 2.45) is 92.2 Å². The summed E-state index contributed by atoms with van der Waals surface area (Å²) in [6.07, 6.45) is 50.2. The van der Waals surface area contributed by atoms with Crippen LogP contribution in [-0.4, -0.2) is 86.6 Å². The predicted molar refractivity (Wildman–Crippen MR) is 427 cm³/mol. The standard InChI is InChI=1S/C22H34O3.2C20H32O3.2C16H26O2/c1-4-21(2,3)20(24)25-22(13-16-7-5-6-8-16)14-18-11-17(9-10-23)12-19(18)15-22;1-5-19(3,4)18(22)23-20(16-11-6-8-13(16)2)12-14-9-7-10-15(14)17(20)21;1-4-19(2,3)18(22)23-20(14-8-6-5-7-9-14)13-12-15-16(20)10-11-17(15)21;1-5-15(3,4)14(17)18-16(6-2)10-12-8-7-9-13(12)11-16;1-5-15(3,4)14(17)18-16(6-2)11-10-12-8-7-9-13(12)16/h10,13,17-19H,4-9,11-12,14-15H2,1-3H3;14-15,17,21H,5-12H2,1-4H3;8,15-17,21H,4-7,9-13H2,1-3H3;2*6,12-13H,2,5,7-11H2,1,3-4H3. The van der Waals surface area contributed by atoms with E-state index in [1.807, 2.05) is 109 Å². The summed E-state index contributed by atoms with van der Waals surface area (Å²) in [6.45, 7) is 39.9. The van der Waals surface area contributed by atoms with Crippen molar-refractivity contribution < 1.29 is 62.7 Å². The van der Waals surface area contributed by atoms with Crippen LogP contribution in [0.25, 0.3) is 0 Å². The van der Waals surface area contributed by atoms with E-state index < -0.39 is 33.6 Å². The third-order valence-corrected chi connectivity index (χ3v) is 31.1. The number of carbonyl (C=O) groups is 6. The highest BCUT2D eigenvalue weighted by atomic mass is 16.6. The first-order valence-corrected chi connectivity index (χ1v) is 43.8. The lowest BCUT2D eigenvalue weighted by molar-refractivity contribution is -0.177. The highest BCUT2D eigenvalue weighted by molar-refractivity contribution is 5.79.